The van der Waals surface area contributed by atoms with Crippen LogP contribution in [0, 0.1) is 5.82 Å². The molecule has 3 heterocycles. The van der Waals surface area contributed by atoms with E-state index in [1.807, 2.05) is 12.3 Å². The summed E-state index contributed by atoms with van der Waals surface area (Å²) in [4.78, 5) is 16.8. The van der Waals surface area contributed by atoms with Crippen LogP contribution in [0.3, 0.4) is 0 Å². The maximum absolute atomic E-state index is 14.8. The van der Waals surface area contributed by atoms with Gasteiger partial charge in [-0.2, -0.15) is 0 Å². The average Bonchev–Trinajstić information content (AvgIpc) is 3.37. The van der Waals surface area contributed by atoms with Crippen LogP contribution in [-0.2, 0) is 0 Å². The van der Waals surface area contributed by atoms with Crippen molar-refractivity contribution in [3.05, 3.63) is 40.4 Å². The van der Waals surface area contributed by atoms with Crippen LogP contribution in [0.2, 0.25) is 0 Å². The SMILES string of the molecule is CN1C2CCC1CN(c1cc3c(cc1F)c(=O)ccn3C1CC1)C2. The second kappa shape index (κ2) is 5.06. The molecule has 2 atom stereocenters. The van der Waals surface area contributed by atoms with E-state index < -0.39 is 0 Å². The van der Waals surface area contributed by atoms with Crippen molar-refractivity contribution in [3.63, 3.8) is 0 Å². The fourth-order valence-electron chi connectivity index (χ4n) is 4.50. The van der Waals surface area contributed by atoms with Gasteiger partial charge < -0.3 is 9.47 Å². The summed E-state index contributed by atoms with van der Waals surface area (Å²) in [5.41, 5.74) is 1.45. The molecule has 4 nitrogen and oxygen atoms in total. The largest absolute Gasteiger partial charge is 0.366 e. The Kier molecular flexibility index (Phi) is 3.05. The van der Waals surface area contributed by atoms with Crippen molar-refractivity contribution >= 4 is 16.6 Å². The second-order valence-corrected chi connectivity index (χ2v) is 7.59. The number of likely N-dealkylation sites (N-methyl/N-ethyl adjacent to an activating group) is 1. The maximum atomic E-state index is 14.8. The zero-order chi connectivity index (χ0) is 16.4. The van der Waals surface area contributed by atoms with Crippen LogP contribution in [-0.4, -0.2) is 41.7 Å². The van der Waals surface area contributed by atoms with Crippen LogP contribution in [0.1, 0.15) is 31.7 Å². The van der Waals surface area contributed by atoms with Gasteiger partial charge in [-0.25, -0.2) is 4.39 Å². The predicted octanol–water partition coefficient (Wildman–Crippen LogP) is 2.76. The minimum Gasteiger partial charge on any atom is -0.366 e. The van der Waals surface area contributed by atoms with Crippen molar-refractivity contribution in [3.8, 4) is 0 Å². The van der Waals surface area contributed by atoms with Crippen molar-refractivity contribution in [2.75, 3.05) is 25.0 Å². The predicted molar refractivity (Wildman–Crippen MR) is 93.2 cm³/mol. The molecule has 1 aliphatic carbocycles. The molecule has 0 radical (unpaired) electrons. The summed E-state index contributed by atoms with van der Waals surface area (Å²) in [6.45, 7) is 1.74. The normalized spacial score (nSPS) is 27.2. The fraction of sp³-hybridized carbons (Fsp3) is 0.526. The Hall–Kier alpha value is -1.88. The van der Waals surface area contributed by atoms with Crippen LogP contribution in [0.4, 0.5) is 10.1 Å². The molecule has 3 aliphatic rings. The lowest BCUT2D eigenvalue weighted by Crippen LogP contribution is -2.52. The lowest BCUT2D eigenvalue weighted by Gasteiger charge is -2.40. The van der Waals surface area contributed by atoms with Gasteiger partial charge in [-0.15, -0.1) is 0 Å². The second-order valence-electron chi connectivity index (χ2n) is 7.59. The lowest BCUT2D eigenvalue weighted by atomic mass is 10.1. The lowest BCUT2D eigenvalue weighted by molar-refractivity contribution is 0.212. The van der Waals surface area contributed by atoms with Crippen molar-refractivity contribution < 1.29 is 4.39 Å². The van der Waals surface area contributed by atoms with Gasteiger partial charge in [0.05, 0.1) is 11.2 Å². The van der Waals surface area contributed by atoms with Gasteiger partial charge >= 0.3 is 0 Å². The Balaban J connectivity index is 1.63. The van der Waals surface area contributed by atoms with E-state index in [1.54, 1.807) is 6.07 Å². The number of piperazine rings is 1. The number of anilines is 1. The standard InChI is InChI=1S/C19H22FN3O/c1-21-13-4-5-14(21)11-22(10-13)18-9-17-15(8-16(18)20)19(24)6-7-23(17)12-2-3-12/h6-9,12-14H,2-5,10-11H2,1H3. The molecular formula is C19H22FN3O. The number of halogens is 1. The molecule has 1 aromatic heterocycles. The third kappa shape index (κ3) is 2.10. The summed E-state index contributed by atoms with van der Waals surface area (Å²) in [6.07, 6.45) is 6.55. The van der Waals surface area contributed by atoms with E-state index in [9.17, 15) is 9.18 Å². The van der Waals surface area contributed by atoms with Gasteiger partial charge in [0.1, 0.15) is 5.82 Å². The molecule has 0 N–H and O–H groups in total. The fourth-order valence-corrected chi connectivity index (χ4v) is 4.50. The van der Waals surface area contributed by atoms with E-state index in [1.165, 1.54) is 18.9 Å². The number of aromatic nitrogens is 1. The Morgan fingerprint density at radius 2 is 1.71 bits per heavy atom. The van der Waals surface area contributed by atoms with Crippen LogP contribution in [0.25, 0.3) is 10.9 Å². The summed E-state index contributed by atoms with van der Waals surface area (Å²) in [6, 6.07) is 6.42. The smallest absolute Gasteiger partial charge is 0.189 e. The molecule has 126 valence electrons. The van der Waals surface area contributed by atoms with E-state index in [2.05, 4.69) is 21.4 Å². The third-order valence-electron chi connectivity index (χ3n) is 6.12. The summed E-state index contributed by atoms with van der Waals surface area (Å²) in [7, 11) is 2.18. The molecule has 5 heteroatoms. The summed E-state index contributed by atoms with van der Waals surface area (Å²) >= 11 is 0. The van der Waals surface area contributed by atoms with Crippen molar-refractivity contribution in [2.24, 2.45) is 0 Å². The molecule has 2 bridgehead atoms. The topological polar surface area (TPSA) is 28.5 Å². The molecule has 1 saturated carbocycles. The third-order valence-corrected chi connectivity index (χ3v) is 6.12. The van der Waals surface area contributed by atoms with E-state index in [0.717, 1.165) is 31.4 Å². The first-order valence-electron chi connectivity index (χ1n) is 8.93. The van der Waals surface area contributed by atoms with Gasteiger partial charge in [-0.3, -0.25) is 9.69 Å². The molecule has 2 unspecified atom stereocenters. The number of fused-ring (bicyclic) bond motifs is 3. The van der Waals surface area contributed by atoms with Crippen LogP contribution < -0.4 is 10.3 Å². The molecule has 2 aliphatic heterocycles. The number of hydrogen-bond donors (Lipinski definition) is 0. The van der Waals surface area contributed by atoms with Gasteiger partial charge in [0, 0.05) is 48.9 Å². The summed E-state index contributed by atoms with van der Waals surface area (Å²) in [5.74, 6) is -0.267. The van der Waals surface area contributed by atoms with Gasteiger partial charge in [0.2, 0.25) is 0 Å². The van der Waals surface area contributed by atoms with E-state index in [0.29, 0.717) is 29.2 Å². The van der Waals surface area contributed by atoms with Crippen LogP contribution in [0.15, 0.2) is 29.2 Å². The Morgan fingerprint density at radius 3 is 2.38 bits per heavy atom. The summed E-state index contributed by atoms with van der Waals surface area (Å²) in [5, 5.41) is 0.503. The molecule has 2 saturated heterocycles. The molecule has 2 aromatic rings. The highest BCUT2D eigenvalue weighted by Gasteiger charge is 2.38. The molecule has 0 amide bonds. The van der Waals surface area contributed by atoms with Gasteiger partial charge in [0.15, 0.2) is 5.43 Å². The first kappa shape index (κ1) is 14.5. The number of nitrogens with zero attached hydrogens (tertiary/aromatic N) is 3. The van der Waals surface area contributed by atoms with E-state index in [-0.39, 0.29) is 11.2 Å². The zero-order valence-corrected chi connectivity index (χ0v) is 13.9. The highest BCUT2D eigenvalue weighted by molar-refractivity contribution is 5.83. The molecule has 0 spiro atoms. The minimum atomic E-state index is -0.267. The molecule has 3 fully saturated rings. The number of benzene rings is 1. The van der Waals surface area contributed by atoms with E-state index >= 15 is 0 Å². The van der Waals surface area contributed by atoms with Gasteiger partial charge in [0.25, 0.3) is 0 Å². The number of pyridine rings is 1. The highest BCUT2D eigenvalue weighted by Crippen LogP contribution is 2.38. The molecule has 1 aromatic carbocycles. The first-order chi connectivity index (χ1) is 11.6. The van der Waals surface area contributed by atoms with Gasteiger partial charge in [-0.1, -0.05) is 0 Å². The Labute approximate surface area is 140 Å². The van der Waals surface area contributed by atoms with Crippen molar-refractivity contribution in [2.45, 2.75) is 43.8 Å². The first-order valence-corrected chi connectivity index (χ1v) is 8.93. The van der Waals surface area contributed by atoms with Gasteiger partial charge in [-0.05, 0) is 44.9 Å². The van der Waals surface area contributed by atoms with Crippen LogP contribution in [0.5, 0.6) is 0 Å². The summed E-state index contributed by atoms with van der Waals surface area (Å²) < 4.78 is 17.0. The van der Waals surface area contributed by atoms with Crippen molar-refractivity contribution in [1.29, 1.82) is 0 Å². The van der Waals surface area contributed by atoms with Crippen molar-refractivity contribution in [1.82, 2.24) is 9.47 Å². The monoisotopic (exact) mass is 327 g/mol. The maximum Gasteiger partial charge on any atom is 0.189 e. The van der Waals surface area contributed by atoms with Crippen LogP contribution >= 0.6 is 0 Å². The quantitative estimate of drug-likeness (QED) is 0.849. The number of hydrogen-bond acceptors (Lipinski definition) is 3. The highest BCUT2D eigenvalue weighted by atomic mass is 19.1. The Bertz CT molecular complexity index is 859. The number of rotatable bonds is 2. The molecule has 5 rings (SSSR count). The molecule has 24 heavy (non-hydrogen) atoms. The molecular weight excluding hydrogens is 305 g/mol. The minimum absolute atomic E-state index is 0.0919. The average molecular weight is 327 g/mol. The Morgan fingerprint density at radius 1 is 1.04 bits per heavy atom. The van der Waals surface area contributed by atoms with E-state index in [4.69, 9.17) is 0 Å². The zero-order valence-electron chi connectivity index (χ0n) is 13.9.